The van der Waals surface area contributed by atoms with Crippen molar-refractivity contribution < 1.29 is 0 Å². The average Bonchev–Trinajstić information content (AvgIpc) is 2.65. The molecular formula is C14H20N4. The fourth-order valence-electron chi connectivity index (χ4n) is 2.34. The van der Waals surface area contributed by atoms with Gasteiger partial charge in [-0.3, -0.25) is 9.67 Å². The van der Waals surface area contributed by atoms with Gasteiger partial charge < -0.3 is 5.73 Å². The molecule has 0 aliphatic heterocycles. The Labute approximate surface area is 108 Å². The van der Waals surface area contributed by atoms with Gasteiger partial charge in [-0.15, -0.1) is 0 Å². The fourth-order valence-corrected chi connectivity index (χ4v) is 2.34. The van der Waals surface area contributed by atoms with Gasteiger partial charge in [0.05, 0.1) is 17.9 Å². The first-order valence-corrected chi connectivity index (χ1v) is 6.33. The summed E-state index contributed by atoms with van der Waals surface area (Å²) in [6, 6.07) is 3.94. The predicted octanol–water partition coefficient (Wildman–Crippen LogP) is 1.96. The molecule has 0 bridgehead atoms. The molecule has 0 aliphatic carbocycles. The maximum Gasteiger partial charge on any atom is 0.0837 e. The van der Waals surface area contributed by atoms with Crippen molar-refractivity contribution in [2.24, 2.45) is 5.73 Å². The molecular weight excluding hydrogens is 224 g/mol. The third kappa shape index (κ3) is 2.29. The van der Waals surface area contributed by atoms with E-state index in [9.17, 15) is 0 Å². The van der Waals surface area contributed by atoms with Crippen molar-refractivity contribution in [3.8, 4) is 0 Å². The van der Waals surface area contributed by atoms with Gasteiger partial charge in [0.25, 0.3) is 0 Å². The number of pyridine rings is 1. The summed E-state index contributed by atoms with van der Waals surface area (Å²) in [4.78, 5) is 4.41. The topological polar surface area (TPSA) is 56.7 Å². The van der Waals surface area contributed by atoms with Crippen LogP contribution in [0.5, 0.6) is 0 Å². The van der Waals surface area contributed by atoms with E-state index in [2.05, 4.69) is 30.9 Å². The van der Waals surface area contributed by atoms with E-state index < -0.39 is 0 Å². The number of rotatable bonds is 4. The molecule has 0 aromatic carbocycles. The summed E-state index contributed by atoms with van der Waals surface area (Å²) in [7, 11) is 0. The van der Waals surface area contributed by atoms with Crippen LogP contribution in [0.15, 0.2) is 18.3 Å². The van der Waals surface area contributed by atoms with Crippen LogP contribution >= 0.6 is 0 Å². The zero-order valence-corrected chi connectivity index (χ0v) is 11.3. The lowest BCUT2D eigenvalue weighted by Crippen LogP contribution is -2.10. The molecule has 0 fully saturated rings. The molecule has 0 atom stereocenters. The van der Waals surface area contributed by atoms with Crippen LogP contribution in [0.25, 0.3) is 0 Å². The summed E-state index contributed by atoms with van der Waals surface area (Å²) in [5.74, 6) is 0. The highest BCUT2D eigenvalue weighted by molar-refractivity contribution is 5.26. The van der Waals surface area contributed by atoms with Gasteiger partial charge >= 0.3 is 0 Å². The molecule has 2 N–H and O–H groups in total. The molecule has 96 valence electrons. The Hall–Kier alpha value is -1.68. The van der Waals surface area contributed by atoms with Gasteiger partial charge in [-0.05, 0) is 37.5 Å². The highest BCUT2D eigenvalue weighted by atomic mass is 15.3. The largest absolute Gasteiger partial charge is 0.326 e. The van der Waals surface area contributed by atoms with Gasteiger partial charge in [0.15, 0.2) is 0 Å². The van der Waals surface area contributed by atoms with Crippen LogP contribution in [0.4, 0.5) is 0 Å². The molecule has 0 aliphatic rings. The van der Waals surface area contributed by atoms with E-state index in [-0.39, 0.29) is 0 Å². The van der Waals surface area contributed by atoms with E-state index >= 15 is 0 Å². The lowest BCUT2D eigenvalue weighted by atomic mass is 10.1. The highest BCUT2D eigenvalue weighted by Gasteiger charge is 2.11. The van der Waals surface area contributed by atoms with Crippen molar-refractivity contribution in [1.82, 2.24) is 14.8 Å². The predicted molar refractivity (Wildman–Crippen MR) is 72.3 cm³/mol. The van der Waals surface area contributed by atoms with Crippen LogP contribution in [0.3, 0.4) is 0 Å². The first-order valence-electron chi connectivity index (χ1n) is 6.33. The van der Waals surface area contributed by atoms with Gasteiger partial charge in [0.2, 0.25) is 0 Å². The van der Waals surface area contributed by atoms with Crippen LogP contribution in [0.2, 0.25) is 0 Å². The van der Waals surface area contributed by atoms with Crippen molar-refractivity contribution in [3.63, 3.8) is 0 Å². The second-order valence-electron chi connectivity index (χ2n) is 4.47. The molecule has 2 rings (SSSR count). The van der Waals surface area contributed by atoms with Crippen molar-refractivity contribution in [3.05, 3.63) is 46.5 Å². The smallest absolute Gasteiger partial charge is 0.0837 e. The summed E-state index contributed by atoms with van der Waals surface area (Å²) in [5.41, 5.74) is 11.5. The molecule has 4 nitrogen and oxygen atoms in total. The number of hydrogen-bond donors (Lipinski definition) is 1. The van der Waals surface area contributed by atoms with Gasteiger partial charge in [-0.2, -0.15) is 5.10 Å². The lowest BCUT2D eigenvalue weighted by Gasteiger charge is -2.08. The van der Waals surface area contributed by atoms with Crippen LogP contribution < -0.4 is 5.73 Å². The Bertz CT molecular complexity index is 543. The van der Waals surface area contributed by atoms with Crippen molar-refractivity contribution >= 4 is 0 Å². The van der Waals surface area contributed by atoms with Gasteiger partial charge in [0, 0.05) is 18.4 Å². The monoisotopic (exact) mass is 244 g/mol. The minimum Gasteiger partial charge on any atom is -0.326 e. The molecule has 18 heavy (non-hydrogen) atoms. The maximum atomic E-state index is 5.73. The van der Waals surface area contributed by atoms with Gasteiger partial charge in [0.1, 0.15) is 0 Å². The molecule has 0 spiro atoms. The zero-order chi connectivity index (χ0) is 13.1. The minimum absolute atomic E-state index is 0.517. The third-order valence-electron chi connectivity index (χ3n) is 3.39. The average molecular weight is 244 g/mol. The van der Waals surface area contributed by atoms with Gasteiger partial charge in [-0.25, -0.2) is 0 Å². The molecule has 2 heterocycles. The van der Waals surface area contributed by atoms with Crippen LogP contribution in [-0.4, -0.2) is 14.8 Å². The maximum absolute atomic E-state index is 5.73. The zero-order valence-electron chi connectivity index (χ0n) is 11.3. The Balaban J connectivity index is 2.34. The lowest BCUT2D eigenvalue weighted by molar-refractivity contribution is 0.640. The Morgan fingerprint density at radius 3 is 2.72 bits per heavy atom. The minimum atomic E-state index is 0.517. The van der Waals surface area contributed by atoms with Crippen LogP contribution in [0, 0.1) is 13.8 Å². The first-order chi connectivity index (χ1) is 8.67. The molecule has 0 radical (unpaired) electrons. The third-order valence-corrected chi connectivity index (χ3v) is 3.39. The molecule has 4 heteroatoms. The van der Waals surface area contributed by atoms with E-state index in [1.807, 2.05) is 16.8 Å². The number of aryl methyl sites for hydroxylation is 1. The second-order valence-corrected chi connectivity index (χ2v) is 4.47. The quantitative estimate of drug-likeness (QED) is 0.894. The summed E-state index contributed by atoms with van der Waals surface area (Å²) >= 11 is 0. The van der Waals surface area contributed by atoms with E-state index in [4.69, 9.17) is 5.73 Å². The normalized spacial score (nSPS) is 10.9. The number of hydrogen-bond acceptors (Lipinski definition) is 3. The van der Waals surface area contributed by atoms with Crippen LogP contribution in [-0.2, 0) is 19.5 Å². The highest BCUT2D eigenvalue weighted by Crippen LogP contribution is 2.15. The second kappa shape index (κ2) is 5.31. The molecule has 0 saturated carbocycles. The van der Waals surface area contributed by atoms with E-state index in [0.29, 0.717) is 13.1 Å². The summed E-state index contributed by atoms with van der Waals surface area (Å²) in [6.45, 7) is 7.55. The van der Waals surface area contributed by atoms with Gasteiger partial charge in [-0.1, -0.05) is 13.0 Å². The molecule has 0 unspecified atom stereocenters. The number of nitrogens with zero attached hydrogens (tertiary/aromatic N) is 3. The van der Waals surface area contributed by atoms with Crippen molar-refractivity contribution in [2.75, 3.05) is 0 Å². The molecule has 0 amide bonds. The Morgan fingerprint density at radius 2 is 2.11 bits per heavy atom. The Kier molecular flexibility index (Phi) is 3.77. The fraction of sp³-hybridized carbons (Fsp3) is 0.429. The summed E-state index contributed by atoms with van der Waals surface area (Å²) in [6.07, 6.45) is 2.82. The van der Waals surface area contributed by atoms with Crippen LogP contribution in [0.1, 0.15) is 35.1 Å². The molecule has 2 aromatic rings. The first kappa shape index (κ1) is 12.8. The summed E-state index contributed by atoms with van der Waals surface area (Å²) < 4.78 is 2.02. The van der Waals surface area contributed by atoms with Crippen molar-refractivity contribution in [2.45, 2.75) is 40.3 Å². The van der Waals surface area contributed by atoms with E-state index in [1.54, 1.807) is 6.20 Å². The number of aromatic nitrogens is 3. The SMILES string of the molecule is CCc1c(C)nn(Cc2ncccc2CN)c1C. The van der Waals surface area contributed by atoms with Crippen molar-refractivity contribution in [1.29, 1.82) is 0 Å². The standard InChI is InChI=1S/C14H20N4/c1-4-13-10(2)17-18(11(13)3)9-14-12(8-15)6-5-7-16-14/h5-7H,4,8-9,15H2,1-3H3. The molecule has 0 saturated heterocycles. The number of nitrogens with two attached hydrogens (primary N) is 1. The van der Waals surface area contributed by atoms with E-state index in [1.165, 1.54) is 11.3 Å². The van der Waals surface area contributed by atoms with E-state index in [0.717, 1.165) is 23.4 Å². The summed E-state index contributed by atoms with van der Waals surface area (Å²) in [5, 5.41) is 4.59. The molecule has 2 aromatic heterocycles. The Morgan fingerprint density at radius 1 is 1.33 bits per heavy atom.